The molecule has 94 valence electrons. The van der Waals surface area contributed by atoms with Gasteiger partial charge in [-0.05, 0) is 12.5 Å². The molecule has 2 nitrogen and oxygen atoms in total. The van der Waals surface area contributed by atoms with Gasteiger partial charge in [-0.2, -0.15) is 0 Å². The molecular weight excluding hydrogens is 234 g/mol. The van der Waals surface area contributed by atoms with Gasteiger partial charge >= 0.3 is 0 Å². The molecule has 17 heavy (non-hydrogen) atoms. The second kappa shape index (κ2) is 6.67. The minimum absolute atomic E-state index is 0.348. The molecule has 1 aromatic carbocycles. The molecule has 3 heteroatoms. The Kier molecular flexibility index (Phi) is 5.52. The third kappa shape index (κ3) is 4.80. The highest BCUT2D eigenvalue weighted by Gasteiger charge is 2.07. The van der Waals surface area contributed by atoms with Gasteiger partial charge in [-0.1, -0.05) is 50.2 Å². The maximum Gasteiger partial charge on any atom is 0.127 e. The van der Waals surface area contributed by atoms with Crippen LogP contribution < -0.4 is 10.1 Å². The summed E-state index contributed by atoms with van der Waals surface area (Å²) in [5.41, 5.74) is 2.27. The van der Waals surface area contributed by atoms with Crippen molar-refractivity contribution in [2.75, 3.05) is 6.61 Å². The normalized spacial score (nSPS) is 10.6. The summed E-state index contributed by atoms with van der Waals surface area (Å²) in [6, 6.07) is 6.58. The van der Waals surface area contributed by atoms with Crippen molar-refractivity contribution in [3.05, 3.63) is 40.9 Å². The minimum atomic E-state index is 0.348. The standard InChI is InChI=1S/C14H20ClNO/c1-10(2)16-8-13-7-5-6-11(3)14(13)17-9-12(4)15/h5-7,10,16H,4,8-9H2,1-3H3. The van der Waals surface area contributed by atoms with Gasteiger partial charge in [-0.15, -0.1) is 0 Å². The number of rotatable bonds is 6. The van der Waals surface area contributed by atoms with Crippen LogP contribution in [0.2, 0.25) is 0 Å². The average molecular weight is 254 g/mol. The van der Waals surface area contributed by atoms with E-state index in [1.165, 1.54) is 0 Å². The maximum absolute atomic E-state index is 5.72. The van der Waals surface area contributed by atoms with E-state index in [4.69, 9.17) is 16.3 Å². The Labute approximate surface area is 109 Å². The second-order valence-electron chi connectivity index (χ2n) is 4.40. The molecule has 0 heterocycles. The molecule has 1 aromatic rings. The predicted octanol–water partition coefficient (Wildman–Crippen LogP) is 3.62. The number of para-hydroxylation sites is 1. The lowest BCUT2D eigenvalue weighted by Crippen LogP contribution is -2.22. The fourth-order valence-corrected chi connectivity index (χ4v) is 1.58. The van der Waals surface area contributed by atoms with E-state index in [1.54, 1.807) is 0 Å². The summed E-state index contributed by atoms with van der Waals surface area (Å²) in [6.07, 6.45) is 0. The zero-order chi connectivity index (χ0) is 12.8. The van der Waals surface area contributed by atoms with Crippen molar-refractivity contribution in [2.24, 2.45) is 0 Å². The summed E-state index contributed by atoms with van der Waals surface area (Å²) >= 11 is 5.72. The molecule has 0 aliphatic carbocycles. The molecule has 0 fully saturated rings. The SMILES string of the molecule is C=C(Cl)COc1c(C)cccc1CNC(C)C. The first-order valence-electron chi connectivity index (χ1n) is 5.78. The number of halogens is 1. The number of aryl methyl sites for hydroxylation is 1. The van der Waals surface area contributed by atoms with E-state index in [0.29, 0.717) is 17.7 Å². The van der Waals surface area contributed by atoms with E-state index < -0.39 is 0 Å². The monoisotopic (exact) mass is 253 g/mol. The van der Waals surface area contributed by atoms with E-state index in [-0.39, 0.29) is 0 Å². The van der Waals surface area contributed by atoms with Gasteiger partial charge in [0.05, 0.1) is 0 Å². The molecule has 0 bridgehead atoms. The molecule has 0 atom stereocenters. The first-order valence-corrected chi connectivity index (χ1v) is 6.16. The molecule has 0 spiro atoms. The summed E-state index contributed by atoms with van der Waals surface area (Å²) in [5, 5.41) is 3.89. The molecule has 1 rings (SSSR count). The van der Waals surface area contributed by atoms with Crippen LogP contribution in [-0.2, 0) is 6.54 Å². The Hall–Kier alpha value is -0.990. The van der Waals surface area contributed by atoms with Gasteiger partial charge in [0.1, 0.15) is 12.4 Å². The molecule has 0 amide bonds. The van der Waals surface area contributed by atoms with Crippen molar-refractivity contribution in [2.45, 2.75) is 33.4 Å². The number of hydrogen-bond donors (Lipinski definition) is 1. The third-order valence-electron chi connectivity index (χ3n) is 2.37. The van der Waals surface area contributed by atoms with Crippen molar-refractivity contribution in [3.8, 4) is 5.75 Å². The van der Waals surface area contributed by atoms with E-state index >= 15 is 0 Å². The number of ether oxygens (including phenoxy) is 1. The van der Waals surface area contributed by atoms with Crippen LogP contribution in [0.4, 0.5) is 0 Å². The molecule has 0 radical (unpaired) electrons. The van der Waals surface area contributed by atoms with Gasteiger partial charge in [0.25, 0.3) is 0 Å². The number of hydrogen-bond acceptors (Lipinski definition) is 2. The maximum atomic E-state index is 5.72. The van der Waals surface area contributed by atoms with Gasteiger partial charge in [-0.3, -0.25) is 0 Å². The van der Waals surface area contributed by atoms with Gasteiger partial charge in [-0.25, -0.2) is 0 Å². The Morgan fingerprint density at radius 1 is 1.47 bits per heavy atom. The third-order valence-corrected chi connectivity index (χ3v) is 2.48. The fourth-order valence-electron chi connectivity index (χ4n) is 1.52. The van der Waals surface area contributed by atoms with Gasteiger partial charge in [0, 0.05) is 23.2 Å². The highest BCUT2D eigenvalue weighted by Crippen LogP contribution is 2.24. The van der Waals surface area contributed by atoms with Crippen molar-refractivity contribution in [1.82, 2.24) is 5.32 Å². The Balaban J connectivity index is 2.80. The van der Waals surface area contributed by atoms with Crippen molar-refractivity contribution < 1.29 is 4.74 Å². The van der Waals surface area contributed by atoms with Crippen LogP contribution in [0.3, 0.4) is 0 Å². The fraction of sp³-hybridized carbons (Fsp3) is 0.429. The van der Waals surface area contributed by atoms with Crippen molar-refractivity contribution >= 4 is 11.6 Å². The lowest BCUT2D eigenvalue weighted by molar-refractivity contribution is 0.351. The zero-order valence-electron chi connectivity index (χ0n) is 10.7. The molecule has 0 unspecified atom stereocenters. The van der Waals surface area contributed by atoms with Crippen LogP contribution in [0.15, 0.2) is 29.8 Å². The lowest BCUT2D eigenvalue weighted by Gasteiger charge is -2.15. The molecule has 0 aromatic heterocycles. The summed E-state index contributed by atoms with van der Waals surface area (Å²) in [4.78, 5) is 0. The first kappa shape index (κ1) is 14.1. The van der Waals surface area contributed by atoms with Gasteiger partial charge in [0.15, 0.2) is 0 Å². The van der Waals surface area contributed by atoms with E-state index in [2.05, 4.69) is 31.8 Å². The zero-order valence-corrected chi connectivity index (χ0v) is 11.5. The van der Waals surface area contributed by atoms with Crippen LogP contribution in [0, 0.1) is 6.92 Å². The Morgan fingerprint density at radius 3 is 2.76 bits per heavy atom. The van der Waals surface area contributed by atoms with Gasteiger partial charge in [0.2, 0.25) is 0 Å². The van der Waals surface area contributed by atoms with E-state index in [1.807, 2.05) is 19.1 Å². The smallest absolute Gasteiger partial charge is 0.127 e. The largest absolute Gasteiger partial charge is 0.487 e. The topological polar surface area (TPSA) is 21.3 Å². The summed E-state index contributed by atoms with van der Waals surface area (Å²) < 4.78 is 5.69. The molecule has 0 aliphatic rings. The summed E-state index contributed by atoms with van der Waals surface area (Å²) in [5.74, 6) is 0.905. The lowest BCUT2D eigenvalue weighted by atomic mass is 10.1. The highest BCUT2D eigenvalue weighted by atomic mass is 35.5. The molecule has 1 N–H and O–H groups in total. The number of nitrogens with one attached hydrogen (secondary N) is 1. The Bertz CT molecular complexity index is 388. The average Bonchev–Trinajstić information content (AvgIpc) is 2.24. The van der Waals surface area contributed by atoms with Crippen LogP contribution in [0.5, 0.6) is 5.75 Å². The van der Waals surface area contributed by atoms with Crippen molar-refractivity contribution in [3.63, 3.8) is 0 Å². The quantitative estimate of drug-likeness (QED) is 0.836. The van der Waals surface area contributed by atoms with Crippen LogP contribution in [0.25, 0.3) is 0 Å². The van der Waals surface area contributed by atoms with Crippen LogP contribution in [-0.4, -0.2) is 12.6 Å². The summed E-state index contributed by atoms with van der Waals surface area (Å²) in [6.45, 7) is 11.0. The number of benzene rings is 1. The summed E-state index contributed by atoms with van der Waals surface area (Å²) in [7, 11) is 0. The second-order valence-corrected chi connectivity index (χ2v) is 4.94. The van der Waals surface area contributed by atoms with E-state index in [0.717, 1.165) is 23.4 Å². The Morgan fingerprint density at radius 2 is 2.18 bits per heavy atom. The van der Waals surface area contributed by atoms with Crippen molar-refractivity contribution in [1.29, 1.82) is 0 Å². The molecule has 0 saturated heterocycles. The highest BCUT2D eigenvalue weighted by molar-refractivity contribution is 6.29. The molecular formula is C14H20ClNO. The van der Waals surface area contributed by atoms with Gasteiger partial charge < -0.3 is 10.1 Å². The molecule has 0 aliphatic heterocycles. The van der Waals surface area contributed by atoms with E-state index in [9.17, 15) is 0 Å². The van der Waals surface area contributed by atoms with Crippen LogP contribution >= 0.6 is 11.6 Å². The first-order chi connectivity index (χ1) is 8.00. The van der Waals surface area contributed by atoms with Crippen LogP contribution in [0.1, 0.15) is 25.0 Å². The molecule has 0 saturated carbocycles. The minimum Gasteiger partial charge on any atom is -0.487 e. The predicted molar refractivity (Wildman–Crippen MR) is 73.6 cm³/mol.